The van der Waals surface area contributed by atoms with Gasteiger partial charge in [0.25, 0.3) is 5.91 Å². The van der Waals surface area contributed by atoms with Gasteiger partial charge in [0, 0.05) is 13.1 Å². The standard InChI is InChI=1S/C9H12N4O/c1-13(6-2-3-6)9(14)7-4-12-8(10)5-11-7/h4-6H,2-3H2,1H3,(H2,10,12). The van der Waals surface area contributed by atoms with Crippen LogP contribution < -0.4 is 5.73 Å². The molecule has 1 saturated carbocycles. The molecule has 1 aliphatic carbocycles. The van der Waals surface area contributed by atoms with E-state index in [1.165, 1.54) is 12.4 Å². The average molecular weight is 192 g/mol. The van der Waals surface area contributed by atoms with Crippen molar-refractivity contribution in [2.45, 2.75) is 18.9 Å². The highest BCUT2D eigenvalue weighted by Gasteiger charge is 2.30. The van der Waals surface area contributed by atoms with E-state index in [1.54, 1.807) is 11.9 Å². The number of rotatable bonds is 2. The predicted molar refractivity (Wildman–Crippen MR) is 51.6 cm³/mol. The Bertz CT molecular complexity index is 344. The summed E-state index contributed by atoms with van der Waals surface area (Å²) in [5.41, 5.74) is 5.73. The SMILES string of the molecule is CN(C(=O)c1cnc(N)cn1)C1CC1. The molecular formula is C9H12N4O. The van der Waals surface area contributed by atoms with Crippen LogP contribution in [0.15, 0.2) is 12.4 Å². The molecule has 0 aromatic carbocycles. The van der Waals surface area contributed by atoms with E-state index in [1.807, 2.05) is 0 Å². The maximum atomic E-state index is 11.7. The smallest absolute Gasteiger partial charge is 0.274 e. The van der Waals surface area contributed by atoms with Crippen LogP contribution in [0.1, 0.15) is 23.3 Å². The first-order valence-corrected chi connectivity index (χ1v) is 4.53. The Balaban J connectivity index is 2.13. The number of nitrogens with two attached hydrogens (primary N) is 1. The summed E-state index contributed by atoms with van der Waals surface area (Å²) in [4.78, 5) is 21.2. The lowest BCUT2D eigenvalue weighted by Crippen LogP contribution is -2.29. The number of carbonyl (C=O) groups is 1. The number of nitrogens with zero attached hydrogens (tertiary/aromatic N) is 3. The van der Waals surface area contributed by atoms with Gasteiger partial charge in [0.1, 0.15) is 11.5 Å². The normalized spacial score (nSPS) is 15.2. The van der Waals surface area contributed by atoms with Gasteiger partial charge < -0.3 is 10.6 Å². The van der Waals surface area contributed by atoms with Crippen molar-refractivity contribution in [3.05, 3.63) is 18.1 Å². The van der Waals surface area contributed by atoms with Gasteiger partial charge in [-0.15, -0.1) is 0 Å². The Hall–Kier alpha value is -1.65. The molecular weight excluding hydrogens is 180 g/mol. The first-order valence-electron chi connectivity index (χ1n) is 4.53. The lowest BCUT2D eigenvalue weighted by Gasteiger charge is -2.14. The summed E-state index contributed by atoms with van der Waals surface area (Å²) in [6, 6.07) is 0.391. The fourth-order valence-electron chi connectivity index (χ4n) is 1.26. The van der Waals surface area contributed by atoms with Crippen molar-refractivity contribution in [3.8, 4) is 0 Å². The second-order valence-corrected chi connectivity index (χ2v) is 3.47. The highest BCUT2D eigenvalue weighted by molar-refractivity contribution is 5.92. The highest BCUT2D eigenvalue weighted by atomic mass is 16.2. The third-order valence-corrected chi connectivity index (χ3v) is 2.31. The van der Waals surface area contributed by atoms with Crippen LogP contribution in [0.3, 0.4) is 0 Å². The van der Waals surface area contributed by atoms with Crippen LogP contribution >= 0.6 is 0 Å². The molecule has 1 fully saturated rings. The maximum Gasteiger partial charge on any atom is 0.274 e. The summed E-state index contributed by atoms with van der Waals surface area (Å²) in [7, 11) is 1.79. The summed E-state index contributed by atoms with van der Waals surface area (Å²) in [5.74, 6) is 0.246. The van der Waals surface area contributed by atoms with Gasteiger partial charge in [-0.3, -0.25) is 4.79 Å². The van der Waals surface area contributed by atoms with Crippen LogP contribution in [0.5, 0.6) is 0 Å². The summed E-state index contributed by atoms with van der Waals surface area (Å²) in [6.07, 6.45) is 4.99. The van der Waals surface area contributed by atoms with E-state index in [-0.39, 0.29) is 5.91 Å². The minimum atomic E-state index is -0.0833. The molecule has 2 N–H and O–H groups in total. The molecule has 0 saturated heterocycles. The van der Waals surface area contributed by atoms with Gasteiger partial charge in [-0.2, -0.15) is 0 Å². The van der Waals surface area contributed by atoms with E-state index < -0.39 is 0 Å². The van der Waals surface area contributed by atoms with Gasteiger partial charge in [-0.05, 0) is 12.8 Å². The van der Waals surface area contributed by atoms with E-state index in [2.05, 4.69) is 9.97 Å². The molecule has 1 aromatic rings. The third-order valence-electron chi connectivity index (χ3n) is 2.31. The number of amides is 1. The van der Waals surface area contributed by atoms with E-state index in [0.29, 0.717) is 17.6 Å². The highest BCUT2D eigenvalue weighted by Crippen LogP contribution is 2.26. The number of aromatic nitrogens is 2. The molecule has 5 nitrogen and oxygen atoms in total. The van der Waals surface area contributed by atoms with E-state index in [0.717, 1.165) is 12.8 Å². The number of hydrogen-bond donors (Lipinski definition) is 1. The van der Waals surface area contributed by atoms with Crippen LogP contribution in [-0.4, -0.2) is 33.9 Å². The van der Waals surface area contributed by atoms with Crippen molar-refractivity contribution in [1.82, 2.24) is 14.9 Å². The van der Waals surface area contributed by atoms with E-state index >= 15 is 0 Å². The van der Waals surface area contributed by atoms with Gasteiger partial charge in [-0.25, -0.2) is 9.97 Å². The fraction of sp³-hybridized carbons (Fsp3) is 0.444. The lowest BCUT2D eigenvalue weighted by atomic mass is 10.4. The fourth-order valence-corrected chi connectivity index (χ4v) is 1.26. The van der Waals surface area contributed by atoms with Crippen LogP contribution in [-0.2, 0) is 0 Å². The zero-order chi connectivity index (χ0) is 10.1. The minimum absolute atomic E-state index is 0.0833. The van der Waals surface area contributed by atoms with Crippen molar-refractivity contribution < 1.29 is 4.79 Å². The Labute approximate surface area is 82.0 Å². The number of hydrogen-bond acceptors (Lipinski definition) is 4. The number of anilines is 1. The molecule has 2 rings (SSSR count). The largest absolute Gasteiger partial charge is 0.382 e. The molecule has 14 heavy (non-hydrogen) atoms. The molecule has 1 aliphatic rings. The third kappa shape index (κ3) is 1.66. The number of nitrogen functional groups attached to an aromatic ring is 1. The second kappa shape index (κ2) is 3.25. The van der Waals surface area contributed by atoms with Gasteiger partial charge in [0.05, 0.1) is 12.4 Å². The summed E-state index contributed by atoms with van der Waals surface area (Å²) < 4.78 is 0. The molecule has 1 aromatic heterocycles. The van der Waals surface area contributed by atoms with Crippen LogP contribution in [0.2, 0.25) is 0 Å². The minimum Gasteiger partial charge on any atom is -0.382 e. The average Bonchev–Trinajstić information content (AvgIpc) is 3.00. The van der Waals surface area contributed by atoms with Crippen molar-refractivity contribution in [3.63, 3.8) is 0 Å². The molecule has 1 amide bonds. The molecule has 0 atom stereocenters. The molecule has 0 spiro atoms. The monoisotopic (exact) mass is 192 g/mol. The zero-order valence-electron chi connectivity index (χ0n) is 7.97. The van der Waals surface area contributed by atoms with Crippen LogP contribution in [0.4, 0.5) is 5.82 Å². The topological polar surface area (TPSA) is 72.1 Å². The van der Waals surface area contributed by atoms with Crippen molar-refractivity contribution in [1.29, 1.82) is 0 Å². The maximum absolute atomic E-state index is 11.7. The van der Waals surface area contributed by atoms with Crippen LogP contribution in [0.25, 0.3) is 0 Å². The molecule has 0 unspecified atom stereocenters. The van der Waals surface area contributed by atoms with E-state index in [4.69, 9.17) is 5.73 Å². The second-order valence-electron chi connectivity index (χ2n) is 3.47. The molecule has 0 bridgehead atoms. The Morgan fingerprint density at radius 2 is 2.21 bits per heavy atom. The lowest BCUT2D eigenvalue weighted by molar-refractivity contribution is 0.0779. The quantitative estimate of drug-likeness (QED) is 0.731. The molecule has 1 heterocycles. The number of carbonyl (C=O) groups excluding carboxylic acids is 1. The summed E-state index contributed by atoms with van der Waals surface area (Å²) in [5, 5.41) is 0. The zero-order valence-corrected chi connectivity index (χ0v) is 7.97. The van der Waals surface area contributed by atoms with Crippen LogP contribution in [0, 0.1) is 0 Å². The van der Waals surface area contributed by atoms with Crippen molar-refractivity contribution in [2.75, 3.05) is 12.8 Å². The van der Waals surface area contributed by atoms with Crippen molar-refractivity contribution in [2.24, 2.45) is 0 Å². The van der Waals surface area contributed by atoms with E-state index in [9.17, 15) is 4.79 Å². The Morgan fingerprint density at radius 1 is 1.50 bits per heavy atom. The molecule has 0 radical (unpaired) electrons. The molecule has 74 valence electrons. The van der Waals surface area contributed by atoms with Gasteiger partial charge in [0.15, 0.2) is 0 Å². The predicted octanol–water partition coefficient (Wildman–Crippen LogP) is 0.293. The molecule has 5 heteroatoms. The van der Waals surface area contributed by atoms with Gasteiger partial charge in [-0.1, -0.05) is 0 Å². The van der Waals surface area contributed by atoms with Gasteiger partial charge >= 0.3 is 0 Å². The first-order chi connectivity index (χ1) is 6.68. The Morgan fingerprint density at radius 3 is 2.71 bits per heavy atom. The van der Waals surface area contributed by atoms with Gasteiger partial charge in [0.2, 0.25) is 0 Å². The summed E-state index contributed by atoms with van der Waals surface area (Å²) >= 11 is 0. The first kappa shape index (κ1) is 8.93. The van der Waals surface area contributed by atoms with Crippen molar-refractivity contribution >= 4 is 11.7 Å². The molecule has 0 aliphatic heterocycles. The Kier molecular flexibility index (Phi) is 2.07. The summed E-state index contributed by atoms with van der Waals surface area (Å²) in [6.45, 7) is 0.